The maximum absolute atomic E-state index is 12.7. The predicted octanol–water partition coefficient (Wildman–Crippen LogP) is -0.537. The first-order valence-corrected chi connectivity index (χ1v) is 9.65. The summed E-state index contributed by atoms with van der Waals surface area (Å²) in [6.45, 7) is 2.98. The third-order valence-corrected chi connectivity index (χ3v) is 5.27. The molecule has 1 aliphatic heterocycles. The molecule has 1 aromatic rings. The molecule has 0 radical (unpaired) electrons. The average Bonchev–Trinajstić information content (AvgIpc) is 2.56. The molecule has 1 aliphatic rings. The molecule has 0 aromatic carbocycles. The molecule has 0 spiro atoms. The topological polar surface area (TPSA) is 91.8 Å². The van der Waals surface area contributed by atoms with Crippen molar-refractivity contribution < 1.29 is 17.9 Å². The Morgan fingerprint density at radius 3 is 2.75 bits per heavy atom. The Kier molecular flexibility index (Phi) is 6.67. The molecule has 1 aromatic heterocycles. The van der Waals surface area contributed by atoms with E-state index in [1.165, 1.54) is 11.4 Å². The largest absolute Gasteiger partial charge is 0.379 e. The van der Waals surface area contributed by atoms with Crippen molar-refractivity contribution >= 4 is 15.9 Å². The second-order valence-electron chi connectivity index (χ2n) is 5.71. The van der Waals surface area contributed by atoms with Crippen LogP contribution in [-0.2, 0) is 19.6 Å². The maximum Gasteiger partial charge on any atom is 0.242 e. The Morgan fingerprint density at radius 1 is 1.46 bits per heavy atom. The molecule has 0 bridgehead atoms. The standard InChI is InChI=1S/C15H24N4O4S/c1-18(24(2,21)22)7-6-17-15(20)14(13-4-3-5-16-12-13)19-8-10-23-11-9-19/h3-5,12,14H,6-11H2,1-2H3,(H,17,20)/t14-/m1/s1. The van der Waals surface area contributed by atoms with E-state index in [0.29, 0.717) is 26.3 Å². The van der Waals surface area contributed by atoms with Crippen LogP contribution < -0.4 is 5.32 Å². The average molecular weight is 356 g/mol. The van der Waals surface area contributed by atoms with Gasteiger partial charge < -0.3 is 10.1 Å². The zero-order valence-electron chi connectivity index (χ0n) is 14.0. The maximum atomic E-state index is 12.7. The van der Waals surface area contributed by atoms with Gasteiger partial charge in [-0.05, 0) is 11.6 Å². The van der Waals surface area contributed by atoms with Gasteiger partial charge in [-0.15, -0.1) is 0 Å². The number of likely N-dealkylation sites (N-methyl/N-ethyl adjacent to an activating group) is 1. The van der Waals surface area contributed by atoms with Crippen LogP contribution in [-0.4, -0.2) is 81.2 Å². The molecule has 0 saturated carbocycles. The molecule has 9 heteroatoms. The van der Waals surface area contributed by atoms with E-state index in [1.54, 1.807) is 18.5 Å². The summed E-state index contributed by atoms with van der Waals surface area (Å²) in [4.78, 5) is 18.8. The van der Waals surface area contributed by atoms with Crippen LogP contribution >= 0.6 is 0 Å². The fourth-order valence-corrected chi connectivity index (χ4v) is 2.92. The fraction of sp³-hybridized carbons (Fsp3) is 0.600. The summed E-state index contributed by atoms with van der Waals surface area (Å²) in [5, 5.41) is 2.83. The number of carbonyl (C=O) groups is 1. The first-order chi connectivity index (χ1) is 11.4. The quantitative estimate of drug-likeness (QED) is 0.706. The Labute approximate surface area is 142 Å². The lowest BCUT2D eigenvalue weighted by molar-refractivity contribution is -0.128. The highest BCUT2D eigenvalue weighted by atomic mass is 32.2. The summed E-state index contributed by atoms with van der Waals surface area (Å²) in [7, 11) is -1.76. The zero-order valence-corrected chi connectivity index (χ0v) is 14.8. The van der Waals surface area contributed by atoms with Crippen molar-refractivity contribution in [3.8, 4) is 0 Å². The molecule has 24 heavy (non-hydrogen) atoms. The van der Waals surface area contributed by atoms with Gasteiger partial charge in [0, 0.05) is 45.6 Å². The summed E-state index contributed by atoms with van der Waals surface area (Å²) < 4.78 is 29.3. The minimum absolute atomic E-state index is 0.160. The summed E-state index contributed by atoms with van der Waals surface area (Å²) >= 11 is 0. The van der Waals surface area contributed by atoms with E-state index in [0.717, 1.165) is 11.8 Å². The van der Waals surface area contributed by atoms with Crippen molar-refractivity contribution in [3.63, 3.8) is 0 Å². The Balaban J connectivity index is 2.02. The molecule has 1 saturated heterocycles. The second-order valence-corrected chi connectivity index (χ2v) is 7.80. The van der Waals surface area contributed by atoms with Crippen molar-refractivity contribution in [2.75, 3.05) is 52.7 Å². The van der Waals surface area contributed by atoms with Gasteiger partial charge in [0.15, 0.2) is 0 Å². The van der Waals surface area contributed by atoms with Gasteiger partial charge in [-0.25, -0.2) is 12.7 Å². The monoisotopic (exact) mass is 356 g/mol. The number of aromatic nitrogens is 1. The zero-order chi connectivity index (χ0) is 17.6. The number of hydrogen-bond acceptors (Lipinski definition) is 6. The molecular formula is C15H24N4O4S. The van der Waals surface area contributed by atoms with Crippen LogP contribution in [0, 0.1) is 0 Å². The van der Waals surface area contributed by atoms with Crippen LogP contribution in [0.2, 0.25) is 0 Å². The number of ether oxygens (including phenoxy) is 1. The fourth-order valence-electron chi connectivity index (χ4n) is 2.50. The number of amides is 1. The van der Waals surface area contributed by atoms with Crippen LogP contribution in [0.5, 0.6) is 0 Å². The lowest BCUT2D eigenvalue weighted by atomic mass is 10.1. The van der Waals surface area contributed by atoms with Gasteiger partial charge in [-0.3, -0.25) is 14.7 Å². The normalized spacial score (nSPS) is 17.6. The van der Waals surface area contributed by atoms with Crippen molar-refractivity contribution in [1.29, 1.82) is 0 Å². The number of morpholine rings is 1. The van der Waals surface area contributed by atoms with Crippen LogP contribution in [0.4, 0.5) is 0 Å². The Bertz CT molecular complexity index is 632. The summed E-state index contributed by atoms with van der Waals surface area (Å²) in [6, 6.07) is 3.22. The minimum Gasteiger partial charge on any atom is -0.379 e. The molecule has 1 amide bonds. The van der Waals surface area contributed by atoms with Gasteiger partial charge in [0.2, 0.25) is 15.9 Å². The number of hydrogen-bond donors (Lipinski definition) is 1. The van der Waals surface area contributed by atoms with E-state index in [4.69, 9.17) is 4.74 Å². The molecule has 1 atom stereocenters. The van der Waals surface area contributed by atoms with Gasteiger partial charge in [0.05, 0.1) is 19.5 Å². The van der Waals surface area contributed by atoms with Crippen molar-refractivity contribution in [2.24, 2.45) is 0 Å². The lowest BCUT2D eigenvalue weighted by Crippen LogP contribution is -2.47. The highest BCUT2D eigenvalue weighted by Gasteiger charge is 2.29. The molecule has 134 valence electrons. The van der Waals surface area contributed by atoms with E-state index in [1.807, 2.05) is 6.07 Å². The molecule has 0 unspecified atom stereocenters. The van der Waals surface area contributed by atoms with Crippen LogP contribution in [0.15, 0.2) is 24.5 Å². The van der Waals surface area contributed by atoms with Gasteiger partial charge in [0.25, 0.3) is 0 Å². The molecule has 8 nitrogen and oxygen atoms in total. The third kappa shape index (κ3) is 5.23. The molecule has 1 fully saturated rings. The first-order valence-electron chi connectivity index (χ1n) is 7.80. The third-order valence-electron chi connectivity index (χ3n) is 3.95. The van der Waals surface area contributed by atoms with Crippen molar-refractivity contribution in [1.82, 2.24) is 19.5 Å². The predicted molar refractivity (Wildman–Crippen MR) is 89.9 cm³/mol. The smallest absolute Gasteiger partial charge is 0.242 e. The lowest BCUT2D eigenvalue weighted by Gasteiger charge is -2.33. The Hall–Kier alpha value is -1.55. The van der Waals surface area contributed by atoms with Crippen molar-refractivity contribution in [3.05, 3.63) is 30.1 Å². The second kappa shape index (κ2) is 8.52. The number of nitrogens with zero attached hydrogens (tertiary/aromatic N) is 3. The van der Waals surface area contributed by atoms with E-state index in [9.17, 15) is 13.2 Å². The highest BCUT2D eigenvalue weighted by molar-refractivity contribution is 7.88. The SMILES string of the molecule is CN(CCNC(=O)[C@@H](c1cccnc1)N1CCOCC1)S(C)(=O)=O. The number of sulfonamides is 1. The molecule has 1 N–H and O–H groups in total. The summed E-state index contributed by atoms with van der Waals surface area (Å²) in [5.74, 6) is -0.160. The summed E-state index contributed by atoms with van der Waals surface area (Å²) in [6.07, 6.45) is 4.49. The highest BCUT2D eigenvalue weighted by Crippen LogP contribution is 2.21. The molecule has 0 aliphatic carbocycles. The number of rotatable bonds is 7. The number of nitrogens with one attached hydrogen (secondary N) is 1. The van der Waals surface area contributed by atoms with Crippen LogP contribution in [0.1, 0.15) is 11.6 Å². The van der Waals surface area contributed by atoms with Gasteiger partial charge in [-0.1, -0.05) is 6.07 Å². The summed E-state index contributed by atoms with van der Waals surface area (Å²) in [5.41, 5.74) is 0.813. The van der Waals surface area contributed by atoms with Gasteiger partial charge in [-0.2, -0.15) is 0 Å². The van der Waals surface area contributed by atoms with Gasteiger partial charge in [0.1, 0.15) is 6.04 Å². The van der Waals surface area contributed by atoms with Gasteiger partial charge >= 0.3 is 0 Å². The van der Waals surface area contributed by atoms with E-state index < -0.39 is 16.1 Å². The van der Waals surface area contributed by atoms with E-state index in [-0.39, 0.29) is 19.0 Å². The minimum atomic E-state index is -3.25. The molecule has 2 heterocycles. The van der Waals surface area contributed by atoms with E-state index >= 15 is 0 Å². The van der Waals surface area contributed by atoms with Crippen LogP contribution in [0.25, 0.3) is 0 Å². The first kappa shape index (κ1) is 18.8. The van der Waals surface area contributed by atoms with Crippen molar-refractivity contribution in [2.45, 2.75) is 6.04 Å². The molecule has 2 rings (SSSR count). The van der Waals surface area contributed by atoms with E-state index in [2.05, 4.69) is 15.2 Å². The van der Waals surface area contributed by atoms with Crippen LogP contribution in [0.3, 0.4) is 0 Å². The molecular weight excluding hydrogens is 332 g/mol. The number of carbonyl (C=O) groups excluding carboxylic acids is 1. The number of pyridine rings is 1. The Morgan fingerprint density at radius 2 is 2.17 bits per heavy atom.